The molecule has 0 aliphatic heterocycles. The molecule has 0 aliphatic rings. The molecule has 1 aromatic heterocycles. The fraction of sp³-hybridized carbons (Fsp3) is 0.235. The Morgan fingerprint density at radius 1 is 1.20 bits per heavy atom. The van der Waals surface area contributed by atoms with E-state index in [1.807, 2.05) is 32.9 Å². The van der Waals surface area contributed by atoms with Crippen LogP contribution in [0.4, 0.5) is 8.78 Å². The standard InChI is InChI=1S/C17H17F2N/c1-5-10(2)17-11(3)8-13(9-20-17)14-6-7-15(18)12(4)16(14)19/h5-9H,1-4H3/b10-5-. The Bertz CT molecular complexity index is 688. The van der Waals surface area contributed by atoms with E-state index >= 15 is 0 Å². The minimum Gasteiger partial charge on any atom is -0.256 e. The lowest BCUT2D eigenvalue weighted by Crippen LogP contribution is -1.96. The first kappa shape index (κ1) is 14.4. The average molecular weight is 273 g/mol. The van der Waals surface area contributed by atoms with Crippen LogP contribution >= 0.6 is 0 Å². The van der Waals surface area contributed by atoms with E-state index in [4.69, 9.17) is 0 Å². The molecule has 3 heteroatoms. The Morgan fingerprint density at radius 3 is 2.50 bits per heavy atom. The second-order valence-corrected chi connectivity index (χ2v) is 4.90. The summed E-state index contributed by atoms with van der Waals surface area (Å²) in [4.78, 5) is 4.39. The first-order valence-corrected chi connectivity index (χ1v) is 6.50. The van der Waals surface area contributed by atoms with E-state index in [2.05, 4.69) is 4.98 Å². The van der Waals surface area contributed by atoms with Gasteiger partial charge in [0.25, 0.3) is 0 Å². The Labute approximate surface area is 118 Å². The van der Waals surface area contributed by atoms with Crippen LogP contribution in [0, 0.1) is 25.5 Å². The van der Waals surface area contributed by atoms with Crippen LogP contribution in [0.1, 0.15) is 30.7 Å². The van der Waals surface area contributed by atoms with E-state index in [0.717, 1.165) is 16.8 Å². The van der Waals surface area contributed by atoms with E-state index in [1.54, 1.807) is 6.20 Å². The van der Waals surface area contributed by atoms with Gasteiger partial charge in [0.05, 0.1) is 5.69 Å². The monoisotopic (exact) mass is 273 g/mol. The van der Waals surface area contributed by atoms with Gasteiger partial charge in [0.1, 0.15) is 11.6 Å². The van der Waals surface area contributed by atoms with E-state index in [0.29, 0.717) is 11.1 Å². The fourth-order valence-electron chi connectivity index (χ4n) is 2.16. The Morgan fingerprint density at radius 2 is 1.90 bits per heavy atom. The number of hydrogen-bond acceptors (Lipinski definition) is 1. The molecule has 0 bridgehead atoms. The summed E-state index contributed by atoms with van der Waals surface area (Å²) in [5.41, 5.74) is 4.02. The third kappa shape index (κ3) is 2.48. The maximum Gasteiger partial charge on any atom is 0.136 e. The number of rotatable bonds is 2. The smallest absolute Gasteiger partial charge is 0.136 e. The molecular formula is C17H17F2N. The summed E-state index contributed by atoms with van der Waals surface area (Å²) in [5.74, 6) is -1.06. The summed E-state index contributed by atoms with van der Waals surface area (Å²) < 4.78 is 27.4. The lowest BCUT2D eigenvalue weighted by molar-refractivity contribution is 0.570. The lowest BCUT2D eigenvalue weighted by atomic mass is 10.00. The van der Waals surface area contributed by atoms with Gasteiger partial charge in [-0.25, -0.2) is 8.78 Å². The molecule has 0 unspecified atom stereocenters. The zero-order valence-electron chi connectivity index (χ0n) is 12.1. The molecule has 0 saturated carbocycles. The van der Waals surface area contributed by atoms with E-state index in [1.165, 1.54) is 19.1 Å². The molecule has 0 atom stereocenters. The summed E-state index contributed by atoms with van der Waals surface area (Å²) in [6, 6.07) is 4.62. The zero-order valence-corrected chi connectivity index (χ0v) is 12.1. The molecule has 0 radical (unpaired) electrons. The highest BCUT2D eigenvalue weighted by molar-refractivity contribution is 5.69. The summed E-state index contributed by atoms with van der Waals surface area (Å²) in [6.07, 6.45) is 3.61. The van der Waals surface area contributed by atoms with Crippen LogP contribution in [-0.2, 0) is 0 Å². The van der Waals surface area contributed by atoms with E-state index in [-0.39, 0.29) is 5.56 Å². The van der Waals surface area contributed by atoms with Gasteiger partial charge in [-0.05, 0) is 57.0 Å². The Balaban J connectivity index is 2.56. The van der Waals surface area contributed by atoms with Crippen molar-refractivity contribution in [1.82, 2.24) is 4.98 Å². The minimum atomic E-state index is -0.530. The minimum absolute atomic E-state index is 0.0360. The van der Waals surface area contributed by atoms with Crippen molar-refractivity contribution in [3.05, 3.63) is 58.9 Å². The van der Waals surface area contributed by atoms with Crippen molar-refractivity contribution in [3.63, 3.8) is 0 Å². The third-order valence-electron chi connectivity index (χ3n) is 3.52. The molecule has 104 valence electrons. The number of hydrogen-bond donors (Lipinski definition) is 0. The number of aryl methyl sites for hydroxylation is 1. The van der Waals surface area contributed by atoms with Gasteiger partial charge in [0.2, 0.25) is 0 Å². The zero-order chi connectivity index (χ0) is 14.9. The van der Waals surface area contributed by atoms with Crippen molar-refractivity contribution in [1.29, 1.82) is 0 Å². The van der Waals surface area contributed by atoms with Crippen LogP contribution in [0.3, 0.4) is 0 Å². The van der Waals surface area contributed by atoms with Crippen molar-refractivity contribution in [2.75, 3.05) is 0 Å². The van der Waals surface area contributed by atoms with E-state index in [9.17, 15) is 8.78 Å². The van der Waals surface area contributed by atoms with Crippen LogP contribution in [0.25, 0.3) is 16.7 Å². The highest BCUT2D eigenvalue weighted by Crippen LogP contribution is 2.28. The van der Waals surface area contributed by atoms with Gasteiger partial charge < -0.3 is 0 Å². The molecule has 0 amide bonds. The van der Waals surface area contributed by atoms with Crippen molar-refractivity contribution < 1.29 is 8.78 Å². The van der Waals surface area contributed by atoms with Crippen molar-refractivity contribution >= 4 is 5.57 Å². The SMILES string of the molecule is C/C=C(/C)c1ncc(-c2ccc(F)c(C)c2F)cc1C. The topological polar surface area (TPSA) is 12.9 Å². The molecular weight excluding hydrogens is 256 g/mol. The van der Waals surface area contributed by atoms with Crippen molar-refractivity contribution in [2.24, 2.45) is 0 Å². The molecule has 0 spiro atoms. The molecule has 0 fully saturated rings. The van der Waals surface area contributed by atoms with Gasteiger partial charge in [-0.1, -0.05) is 6.08 Å². The maximum absolute atomic E-state index is 14.1. The van der Waals surface area contributed by atoms with Gasteiger partial charge in [0.15, 0.2) is 0 Å². The second-order valence-electron chi connectivity index (χ2n) is 4.90. The number of aromatic nitrogens is 1. The van der Waals surface area contributed by atoms with Crippen molar-refractivity contribution in [2.45, 2.75) is 27.7 Å². The summed E-state index contributed by atoms with van der Waals surface area (Å²) >= 11 is 0. The Hall–Kier alpha value is -2.03. The van der Waals surface area contributed by atoms with Gasteiger partial charge in [-0.3, -0.25) is 4.98 Å². The normalized spacial score (nSPS) is 11.8. The number of allylic oxidation sites excluding steroid dienone is 2. The van der Waals surface area contributed by atoms with Gasteiger partial charge in [0, 0.05) is 22.9 Å². The highest BCUT2D eigenvalue weighted by Gasteiger charge is 2.13. The molecule has 1 heterocycles. The maximum atomic E-state index is 14.1. The van der Waals surface area contributed by atoms with Crippen LogP contribution in [0.2, 0.25) is 0 Å². The van der Waals surface area contributed by atoms with Gasteiger partial charge in [-0.2, -0.15) is 0 Å². The molecule has 1 nitrogen and oxygen atoms in total. The number of halogens is 2. The van der Waals surface area contributed by atoms with E-state index < -0.39 is 11.6 Å². The quantitative estimate of drug-likeness (QED) is 0.744. The Kier molecular flexibility index (Phi) is 3.98. The highest BCUT2D eigenvalue weighted by atomic mass is 19.1. The van der Waals surface area contributed by atoms with Crippen LogP contribution in [0.5, 0.6) is 0 Å². The predicted molar refractivity (Wildman–Crippen MR) is 78.4 cm³/mol. The molecule has 2 rings (SSSR count). The molecule has 2 aromatic rings. The summed E-state index contributed by atoms with van der Waals surface area (Å²) in [6.45, 7) is 7.31. The molecule has 0 saturated heterocycles. The summed E-state index contributed by atoms with van der Waals surface area (Å²) in [5, 5.41) is 0. The summed E-state index contributed by atoms with van der Waals surface area (Å²) in [7, 11) is 0. The largest absolute Gasteiger partial charge is 0.256 e. The first-order chi connectivity index (χ1) is 9.45. The van der Waals surface area contributed by atoms with Crippen LogP contribution < -0.4 is 0 Å². The lowest BCUT2D eigenvalue weighted by Gasteiger charge is -2.10. The average Bonchev–Trinajstić information content (AvgIpc) is 2.44. The predicted octanol–water partition coefficient (Wildman–Crippen LogP) is 5.07. The second kappa shape index (κ2) is 5.53. The van der Waals surface area contributed by atoms with Crippen LogP contribution in [0.15, 0.2) is 30.5 Å². The first-order valence-electron chi connectivity index (χ1n) is 6.50. The molecule has 0 aliphatic carbocycles. The number of benzene rings is 1. The van der Waals surface area contributed by atoms with Gasteiger partial charge >= 0.3 is 0 Å². The fourth-order valence-corrected chi connectivity index (χ4v) is 2.16. The molecule has 0 N–H and O–H groups in total. The van der Waals surface area contributed by atoms with Gasteiger partial charge in [-0.15, -0.1) is 0 Å². The molecule has 20 heavy (non-hydrogen) atoms. The third-order valence-corrected chi connectivity index (χ3v) is 3.52. The number of nitrogens with zero attached hydrogens (tertiary/aromatic N) is 1. The van der Waals surface area contributed by atoms with Crippen LogP contribution in [-0.4, -0.2) is 4.98 Å². The number of pyridine rings is 1. The van der Waals surface area contributed by atoms with Crippen molar-refractivity contribution in [3.8, 4) is 11.1 Å². The molecule has 1 aromatic carbocycles.